The highest BCUT2D eigenvalue weighted by molar-refractivity contribution is 6.14. The van der Waals surface area contributed by atoms with Crippen LogP contribution < -0.4 is 9.47 Å². The molecule has 2 aliphatic heterocycles. The number of ketones is 1. The van der Waals surface area contributed by atoms with E-state index < -0.39 is 11.9 Å². The Bertz CT molecular complexity index is 1050. The van der Waals surface area contributed by atoms with Crippen molar-refractivity contribution in [1.82, 2.24) is 4.90 Å². The number of nitrogens with zero attached hydrogens (tertiary/aromatic N) is 1. The summed E-state index contributed by atoms with van der Waals surface area (Å²) in [6.07, 6.45) is 2.39. The van der Waals surface area contributed by atoms with Gasteiger partial charge in [0.1, 0.15) is 17.3 Å². The van der Waals surface area contributed by atoms with Gasteiger partial charge in [0.05, 0.1) is 11.5 Å². The van der Waals surface area contributed by atoms with Crippen LogP contribution in [0.25, 0.3) is 6.08 Å². The third kappa shape index (κ3) is 4.58. The number of hydrogen-bond donors (Lipinski definition) is 1. The molecule has 7 nitrogen and oxygen atoms in total. The van der Waals surface area contributed by atoms with Crippen molar-refractivity contribution in [3.63, 3.8) is 0 Å². The van der Waals surface area contributed by atoms with Gasteiger partial charge < -0.3 is 19.5 Å². The fraction of sp³-hybridized carbons (Fsp3) is 0.261. The molecule has 0 aromatic heterocycles. The number of ether oxygens (including phenoxy) is 2. The number of aliphatic carboxylic acids is 1. The zero-order valence-corrected chi connectivity index (χ0v) is 16.5. The Labute approximate surface area is 177 Å². The Kier molecular flexibility index (Phi) is 5.70. The van der Waals surface area contributed by atoms with Gasteiger partial charge >= 0.3 is 5.97 Å². The molecule has 0 saturated carbocycles. The Hall–Kier alpha value is -3.68. The summed E-state index contributed by atoms with van der Waals surface area (Å²) in [5.74, 6) is -1.30. The lowest BCUT2D eigenvalue weighted by Gasteiger charge is -2.30. The number of carboxylic acids is 1. The van der Waals surface area contributed by atoms with Crippen molar-refractivity contribution in [1.29, 1.82) is 0 Å². The summed E-state index contributed by atoms with van der Waals surface area (Å²) in [4.78, 5) is 37.5. The third-order valence-corrected chi connectivity index (χ3v) is 5.37. The minimum atomic E-state index is -0.830. The summed E-state index contributed by atoms with van der Waals surface area (Å²) >= 11 is 0. The predicted molar refractivity (Wildman–Crippen MR) is 108 cm³/mol. The van der Waals surface area contributed by atoms with Crippen LogP contribution in [0.5, 0.6) is 11.5 Å². The molecule has 1 N–H and O–H groups in total. The maximum absolute atomic E-state index is 13.1. The number of fused-ring (bicyclic) bond motifs is 1. The number of allylic oxidation sites excluding steroid dienone is 1. The zero-order valence-electron chi connectivity index (χ0n) is 16.5. The molecule has 1 amide bonds. The van der Waals surface area contributed by atoms with E-state index in [2.05, 4.69) is 0 Å². The summed E-state index contributed by atoms with van der Waals surface area (Å²) in [5.41, 5.74) is 1.01. The number of Topliss-reactive ketones (excluding diaryl/α,β-unsaturated/α-hetero) is 1. The number of hydrogen-bond acceptors (Lipinski definition) is 5. The number of piperidine rings is 1. The number of carbonyl (C=O) groups excluding carboxylic acids is 2. The number of carboxylic acid groups (broad SMARTS) is 1. The van der Waals surface area contributed by atoms with Gasteiger partial charge in [-0.1, -0.05) is 12.1 Å². The molecule has 8 heteroatoms. The van der Waals surface area contributed by atoms with Crippen molar-refractivity contribution in [2.75, 3.05) is 19.7 Å². The molecule has 160 valence electrons. The molecule has 2 aliphatic rings. The Morgan fingerprint density at radius 2 is 1.87 bits per heavy atom. The van der Waals surface area contributed by atoms with E-state index in [0.29, 0.717) is 48.6 Å². The topological polar surface area (TPSA) is 93.1 Å². The molecular weight excluding hydrogens is 405 g/mol. The second-order valence-electron chi connectivity index (χ2n) is 7.43. The van der Waals surface area contributed by atoms with Crippen molar-refractivity contribution in [2.24, 2.45) is 5.92 Å². The highest BCUT2D eigenvalue weighted by Crippen LogP contribution is 2.35. The monoisotopic (exact) mass is 425 g/mol. The predicted octanol–water partition coefficient (Wildman–Crippen LogP) is 3.14. The number of rotatable bonds is 5. The van der Waals surface area contributed by atoms with Gasteiger partial charge in [0.2, 0.25) is 5.78 Å². The van der Waals surface area contributed by atoms with E-state index in [9.17, 15) is 18.8 Å². The summed E-state index contributed by atoms with van der Waals surface area (Å²) in [6.45, 7) is 0.583. The zero-order chi connectivity index (χ0) is 22.0. The molecule has 0 bridgehead atoms. The van der Waals surface area contributed by atoms with E-state index in [1.54, 1.807) is 35.2 Å². The minimum absolute atomic E-state index is 0.121. The molecule has 2 aromatic rings. The Morgan fingerprint density at radius 1 is 1.16 bits per heavy atom. The first kappa shape index (κ1) is 20.6. The van der Waals surface area contributed by atoms with Gasteiger partial charge in [-0.2, -0.15) is 0 Å². The highest BCUT2D eigenvalue weighted by atomic mass is 19.1. The molecule has 0 spiro atoms. The van der Waals surface area contributed by atoms with E-state index in [1.165, 1.54) is 18.2 Å². The van der Waals surface area contributed by atoms with Crippen LogP contribution >= 0.6 is 0 Å². The van der Waals surface area contributed by atoms with E-state index in [1.807, 2.05) is 0 Å². The second kappa shape index (κ2) is 8.59. The number of carbonyl (C=O) groups is 3. The summed E-state index contributed by atoms with van der Waals surface area (Å²) < 4.78 is 24.3. The molecule has 31 heavy (non-hydrogen) atoms. The molecule has 0 unspecified atom stereocenters. The van der Waals surface area contributed by atoms with Gasteiger partial charge in [-0.3, -0.25) is 14.4 Å². The largest absolute Gasteiger partial charge is 0.484 e. The SMILES string of the molecule is O=C1C(=Cc2ccc(F)cc2)Oc2cc(OCC(=O)N3CCC(C(=O)O)CC3)ccc21. The normalized spacial score (nSPS) is 17.4. The molecule has 0 radical (unpaired) electrons. The molecule has 0 atom stereocenters. The average molecular weight is 425 g/mol. The summed E-state index contributed by atoms with van der Waals surface area (Å²) in [5, 5.41) is 9.04. The van der Waals surface area contributed by atoms with Crippen molar-refractivity contribution >= 4 is 23.7 Å². The van der Waals surface area contributed by atoms with Gasteiger partial charge in [0, 0.05) is 19.2 Å². The van der Waals surface area contributed by atoms with Gasteiger partial charge in [0.15, 0.2) is 12.4 Å². The van der Waals surface area contributed by atoms with Gasteiger partial charge in [-0.25, -0.2) is 4.39 Å². The van der Waals surface area contributed by atoms with Crippen LogP contribution in [0.15, 0.2) is 48.2 Å². The first-order valence-electron chi connectivity index (χ1n) is 9.88. The fourth-order valence-corrected chi connectivity index (χ4v) is 3.58. The second-order valence-corrected chi connectivity index (χ2v) is 7.43. The van der Waals surface area contributed by atoms with Gasteiger partial charge in [0.25, 0.3) is 5.91 Å². The summed E-state index contributed by atoms with van der Waals surface area (Å²) in [7, 11) is 0. The van der Waals surface area contributed by atoms with Crippen LogP contribution in [0.3, 0.4) is 0 Å². The molecule has 0 aliphatic carbocycles. The number of benzene rings is 2. The van der Waals surface area contributed by atoms with E-state index in [0.717, 1.165) is 0 Å². The maximum atomic E-state index is 13.1. The van der Waals surface area contributed by atoms with Crippen LogP contribution in [0, 0.1) is 11.7 Å². The molecule has 1 fully saturated rings. The molecule has 1 saturated heterocycles. The smallest absolute Gasteiger partial charge is 0.306 e. The average Bonchev–Trinajstić information content (AvgIpc) is 3.08. The van der Waals surface area contributed by atoms with Crippen LogP contribution in [0.2, 0.25) is 0 Å². The first-order chi connectivity index (χ1) is 14.9. The van der Waals surface area contributed by atoms with Crippen LogP contribution in [0.4, 0.5) is 4.39 Å². The molecule has 2 heterocycles. The standard InChI is InChI=1S/C23H20FNO6/c24-16-3-1-14(2-4-16)11-20-22(27)18-6-5-17(12-19(18)31-20)30-13-21(26)25-9-7-15(8-10-25)23(28)29/h1-6,11-12,15H,7-10,13H2,(H,28,29). The van der Waals surface area contributed by atoms with Crippen molar-refractivity contribution in [2.45, 2.75) is 12.8 Å². The van der Waals surface area contributed by atoms with Gasteiger partial charge in [-0.15, -0.1) is 0 Å². The van der Waals surface area contributed by atoms with E-state index >= 15 is 0 Å². The first-order valence-corrected chi connectivity index (χ1v) is 9.88. The third-order valence-electron chi connectivity index (χ3n) is 5.37. The van der Waals surface area contributed by atoms with E-state index in [4.69, 9.17) is 14.6 Å². The summed E-state index contributed by atoms with van der Waals surface area (Å²) in [6, 6.07) is 10.4. The quantitative estimate of drug-likeness (QED) is 0.740. The lowest BCUT2D eigenvalue weighted by atomic mass is 9.97. The van der Waals surface area contributed by atoms with Crippen molar-refractivity contribution in [3.05, 3.63) is 65.2 Å². The van der Waals surface area contributed by atoms with Gasteiger partial charge in [-0.05, 0) is 48.7 Å². The number of likely N-dealkylation sites (tertiary alicyclic amines) is 1. The minimum Gasteiger partial charge on any atom is -0.484 e. The molecular formula is C23H20FNO6. The van der Waals surface area contributed by atoms with Crippen molar-refractivity contribution in [3.8, 4) is 11.5 Å². The van der Waals surface area contributed by atoms with Crippen LogP contribution in [0.1, 0.15) is 28.8 Å². The maximum Gasteiger partial charge on any atom is 0.306 e. The molecule has 4 rings (SSSR count). The Balaban J connectivity index is 1.37. The fourth-order valence-electron chi connectivity index (χ4n) is 3.58. The lowest BCUT2D eigenvalue weighted by molar-refractivity contribution is -0.146. The van der Waals surface area contributed by atoms with Crippen LogP contribution in [-0.4, -0.2) is 47.4 Å². The van der Waals surface area contributed by atoms with E-state index in [-0.39, 0.29) is 29.9 Å². The number of halogens is 1. The van der Waals surface area contributed by atoms with Crippen molar-refractivity contribution < 1.29 is 33.4 Å². The number of amides is 1. The van der Waals surface area contributed by atoms with Crippen LogP contribution in [-0.2, 0) is 9.59 Å². The highest BCUT2D eigenvalue weighted by Gasteiger charge is 2.29. The lowest BCUT2D eigenvalue weighted by Crippen LogP contribution is -2.42. The molecule has 2 aromatic carbocycles. The Morgan fingerprint density at radius 3 is 2.55 bits per heavy atom.